The highest BCUT2D eigenvalue weighted by atomic mass is 32.1. The van der Waals surface area contributed by atoms with Gasteiger partial charge in [0, 0.05) is 25.3 Å². The molecule has 2 heterocycles. The lowest BCUT2D eigenvalue weighted by Gasteiger charge is -2.35. The van der Waals surface area contributed by atoms with Crippen LogP contribution in [-0.4, -0.2) is 41.1 Å². The molecular weight excluding hydrogens is 334 g/mol. The first kappa shape index (κ1) is 18.0. The Bertz CT molecular complexity index is 749. The summed E-state index contributed by atoms with van der Waals surface area (Å²) in [5.41, 5.74) is 2.77. The lowest BCUT2D eigenvalue weighted by atomic mass is 10.1. The molecule has 1 aliphatic rings. The number of ether oxygens (including phenoxy) is 1. The zero-order valence-corrected chi connectivity index (χ0v) is 16.0. The van der Waals surface area contributed by atoms with Crippen LogP contribution in [0.4, 0.5) is 5.69 Å². The van der Waals surface area contributed by atoms with Crippen LogP contribution in [-0.2, 0) is 11.3 Å². The number of para-hydroxylation sites is 1. The van der Waals surface area contributed by atoms with Crippen molar-refractivity contribution in [1.82, 2.24) is 9.88 Å². The first-order valence-electron chi connectivity index (χ1n) is 8.63. The van der Waals surface area contributed by atoms with Gasteiger partial charge in [-0.1, -0.05) is 18.2 Å². The maximum absolute atomic E-state index is 12.6. The average molecular weight is 359 g/mol. The average Bonchev–Trinajstić information content (AvgIpc) is 2.87. The third-order valence-electron chi connectivity index (χ3n) is 4.26. The molecule has 1 saturated heterocycles. The van der Waals surface area contributed by atoms with E-state index in [1.54, 1.807) is 0 Å². The van der Waals surface area contributed by atoms with Gasteiger partial charge in [0.1, 0.15) is 4.88 Å². The molecule has 134 valence electrons. The molecule has 25 heavy (non-hydrogen) atoms. The molecule has 1 aromatic heterocycles. The Balaban J connectivity index is 1.74. The van der Waals surface area contributed by atoms with E-state index in [1.807, 2.05) is 32.0 Å². The van der Waals surface area contributed by atoms with Gasteiger partial charge in [0.15, 0.2) is 0 Å². The molecule has 1 aliphatic heterocycles. The van der Waals surface area contributed by atoms with E-state index in [1.165, 1.54) is 11.3 Å². The number of anilines is 1. The van der Waals surface area contributed by atoms with Gasteiger partial charge in [-0.25, -0.2) is 4.98 Å². The molecule has 1 amide bonds. The van der Waals surface area contributed by atoms with E-state index < -0.39 is 0 Å². The van der Waals surface area contributed by atoms with Gasteiger partial charge in [-0.15, -0.1) is 11.3 Å². The van der Waals surface area contributed by atoms with Crippen LogP contribution in [0.25, 0.3) is 0 Å². The van der Waals surface area contributed by atoms with Crippen molar-refractivity contribution < 1.29 is 9.53 Å². The van der Waals surface area contributed by atoms with Gasteiger partial charge in [0.05, 0.1) is 22.9 Å². The Kier molecular flexibility index (Phi) is 5.51. The highest BCUT2D eigenvalue weighted by Crippen LogP contribution is 2.23. The normalized spacial score (nSPS) is 21.3. The summed E-state index contributed by atoms with van der Waals surface area (Å²) in [4.78, 5) is 20.0. The fraction of sp³-hybridized carbons (Fsp3) is 0.474. The fourth-order valence-corrected chi connectivity index (χ4v) is 4.17. The molecule has 3 rings (SSSR count). The number of benzene rings is 1. The number of morpholine rings is 1. The van der Waals surface area contributed by atoms with Crippen LogP contribution >= 0.6 is 11.3 Å². The van der Waals surface area contributed by atoms with Crippen LogP contribution in [0.2, 0.25) is 0 Å². The number of nitrogens with zero attached hydrogens (tertiary/aromatic N) is 2. The van der Waals surface area contributed by atoms with Gasteiger partial charge >= 0.3 is 0 Å². The molecule has 0 saturated carbocycles. The Morgan fingerprint density at radius 3 is 2.60 bits per heavy atom. The maximum atomic E-state index is 12.6. The summed E-state index contributed by atoms with van der Waals surface area (Å²) in [6.45, 7) is 10.6. The van der Waals surface area contributed by atoms with E-state index >= 15 is 0 Å². The summed E-state index contributed by atoms with van der Waals surface area (Å²) in [6.07, 6.45) is 0.460. The molecule has 2 unspecified atom stereocenters. The van der Waals surface area contributed by atoms with Gasteiger partial charge < -0.3 is 10.1 Å². The number of thiazole rings is 1. The molecular formula is C19H25N3O2S. The first-order chi connectivity index (χ1) is 11.9. The van der Waals surface area contributed by atoms with Crippen molar-refractivity contribution in [2.75, 3.05) is 18.4 Å². The van der Waals surface area contributed by atoms with Gasteiger partial charge in [-0.3, -0.25) is 9.69 Å². The largest absolute Gasteiger partial charge is 0.373 e. The second-order valence-corrected chi connectivity index (χ2v) is 7.91. The predicted molar refractivity (Wildman–Crippen MR) is 101 cm³/mol. The van der Waals surface area contributed by atoms with Crippen LogP contribution in [0, 0.1) is 13.8 Å². The molecule has 1 fully saturated rings. The zero-order chi connectivity index (χ0) is 18.0. The standard InChI is InChI=1S/C19H25N3O2S/c1-12-9-22(10-13(2)24-12)11-16-7-5-6-8-17(16)21-19(23)18-14(3)20-15(4)25-18/h5-8,12-13H,9-11H2,1-4H3,(H,21,23). The number of aromatic nitrogens is 1. The van der Waals surface area contributed by atoms with Crippen LogP contribution in [0.15, 0.2) is 24.3 Å². The molecule has 2 aromatic rings. The molecule has 5 nitrogen and oxygen atoms in total. The number of nitrogens with one attached hydrogen (secondary N) is 1. The molecule has 0 radical (unpaired) electrons. The molecule has 0 aliphatic carbocycles. The van der Waals surface area contributed by atoms with Crippen molar-refractivity contribution in [3.05, 3.63) is 45.4 Å². The van der Waals surface area contributed by atoms with Gasteiger partial charge in [-0.05, 0) is 39.3 Å². The summed E-state index contributed by atoms with van der Waals surface area (Å²) >= 11 is 1.43. The number of hydrogen-bond acceptors (Lipinski definition) is 5. The number of amides is 1. The predicted octanol–water partition coefficient (Wildman–Crippen LogP) is 3.62. The first-order valence-corrected chi connectivity index (χ1v) is 9.45. The van der Waals surface area contributed by atoms with E-state index in [4.69, 9.17) is 4.74 Å². The number of carbonyl (C=O) groups excluding carboxylic acids is 1. The number of aryl methyl sites for hydroxylation is 2. The van der Waals surface area contributed by atoms with Gasteiger partial charge in [0.2, 0.25) is 0 Å². The SMILES string of the molecule is Cc1nc(C)c(C(=O)Nc2ccccc2CN2CC(C)OC(C)C2)s1. The topological polar surface area (TPSA) is 54.5 Å². The second-order valence-electron chi connectivity index (χ2n) is 6.71. The van der Waals surface area contributed by atoms with Gasteiger partial charge in [0.25, 0.3) is 5.91 Å². The number of carbonyl (C=O) groups is 1. The van der Waals surface area contributed by atoms with E-state index in [2.05, 4.69) is 35.1 Å². The Hall–Kier alpha value is -1.76. The molecule has 0 bridgehead atoms. The van der Waals surface area contributed by atoms with Gasteiger partial charge in [-0.2, -0.15) is 0 Å². The third kappa shape index (κ3) is 4.45. The minimum Gasteiger partial charge on any atom is -0.373 e. The van der Waals surface area contributed by atoms with Crippen LogP contribution in [0.3, 0.4) is 0 Å². The lowest BCUT2D eigenvalue weighted by Crippen LogP contribution is -2.44. The van der Waals surface area contributed by atoms with E-state index in [0.29, 0.717) is 4.88 Å². The Morgan fingerprint density at radius 2 is 1.96 bits per heavy atom. The molecule has 6 heteroatoms. The Morgan fingerprint density at radius 1 is 1.28 bits per heavy atom. The van der Waals surface area contributed by atoms with E-state index in [-0.39, 0.29) is 18.1 Å². The lowest BCUT2D eigenvalue weighted by molar-refractivity contribution is -0.0704. The number of hydrogen-bond donors (Lipinski definition) is 1. The van der Waals surface area contributed by atoms with Crippen LogP contribution in [0.1, 0.15) is 39.8 Å². The van der Waals surface area contributed by atoms with Crippen molar-refractivity contribution in [2.24, 2.45) is 0 Å². The van der Waals surface area contributed by atoms with Crippen molar-refractivity contribution >= 4 is 22.9 Å². The van der Waals surface area contributed by atoms with Crippen molar-refractivity contribution in [1.29, 1.82) is 0 Å². The highest BCUT2D eigenvalue weighted by molar-refractivity contribution is 7.13. The van der Waals surface area contributed by atoms with Crippen molar-refractivity contribution in [3.63, 3.8) is 0 Å². The maximum Gasteiger partial charge on any atom is 0.267 e. The van der Waals surface area contributed by atoms with E-state index in [9.17, 15) is 4.79 Å². The molecule has 1 N–H and O–H groups in total. The summed E-state index contributed by atoms with van der Waals surface area (Å²) in [5.74, 6) is -0.0840. The fourth-order valence-electron chi connectivity index (χ4n) is 3.36. The third-order valence-corrected chi connectivity index (χ3v) is 5.34. The summed E-state index contributed by atoms with van der Waals surface area (Å²) < 4.78 is 5.81. The summed E-state index contributed by atoms with van der Waals surface area (Å²) in [5, 5.41) is 3.98. The summed E-state index contributed by atoms with van der Waals surface area (Å²) in [7, 11) is 0. The van der Waals surface area contributed by atoms with Crippen LogP contribution in [0.5, 0.6) is 0 Å². The molecule has 2 atom stereocenters. The highest BCUT2D eigenvalue weighted by Gasteiger charge is 2.23. The minimum absolute atomic E-state index is 0.0840. The summed E-state index contributed by atoms with van der Waals surface area (Å²) in [6, 6.07) is 8.00. The minimum atomic E-state index is -0.0840. The molecule has 1 aromatic carbocycles. The monoisotopic (exact) mass is 359 g/mol. The second kappa shape index (κ2) is 7.64. The molecule has 0 spiro atoms. The zero-order valence-electron chi connectivity index (χ0n) is 15.2. The van der Waals surface area contributed by atoms with E-state index in [0.717, 1.165) is 41.6 Å². The number of rotatable bonds is 4. The van der Waals surface area contributed by atoms with Crippen molar-refractivity contribution in [2.45, 2.75) is 46.4 Å². The van der Waals surface area contributed by atoms with Crippen LogP contribution < -0.4 is 5.32 Å². The Labute approximate surface area is 153 Å². The quantitative estimate of drug-likeness (QED) is 0.906. The van der Waals surface area contributed by atoms with Crippen molar-refractivity contribution in [3.8, 4) is 0 Å². The smallest absolute Gasteiger partial charge is 0.267 e.